The molecule has 0 spiro atoms. The summed E-state index contributed by atoms with van der Waals surface area (Å²) in [5.41, 5.74) is 14.2. The maximum atomic E-state index is 10.0. The maximum absolute atomic E-state index is 10.0. The molecule has 1 atom stereocenters. The van der Waals surface area contributed by atoms with Crippen molar-refractivity contribution in [2.24, 2.45) is 4.40 Å². The molecule has 14 rings (SSSR count). The average molecular weight is 2090 g/mol. The van der Waals surface area contributed by atoms with Crippen LogP contribution in [0.2, 0.25) is 0 Å². The quantitative estimate of drug-likeness (QED) is 0.0544. The number of hydrogen-bond donors (Lipinski definition) is 2. The Bertz CT molecular complexity index is 4070. The van der Waals surface area contributed by atoms with Crippen molar-refractivity contribution in [3.8, 4) is 28.2 Å². The fourth-order valence-corrected chi connectivity index (χ4v) is 9.87. The number of aliphatic hydroxyl groups is 2. The molecule has 21 heteroatoms. The zero-order chi connectivity index (χ0) is 58.3. The molecular formula is C67H54Ir5N10O4S2-6. The molecule has 5 radical (unpaired) electrons. The molecule has 7 aromatic carbocycles. The zero-order valence-corrected chi connectivity index (χ0v) is 61.1. The minimum atomic E-state index is -0.125. The number of carbonyl (C=O) groups is 2. The van der Waals surface area contributed by atoms with Gasteiger partial charge in [-0.15, -0.1) is 77.7 Å². The summed E-state index contributed by atoms with van der Waals surface area (Å²) >= 11 is 3.00. The molecule has 1 aliphatic carbocycles. The molecule has 1 aliphatic heterocycles. The predicted octanol–water partition coefficient (Wildman–Crippen LogP) is 15.7. The molecule has 0 saturated heterocycles. The number of ketones is 2. The van der Waals surface area contributed by atoms with Crippen molar-refractivity contribution < 1.29 is 120 Å². The number of thiazole rings is 1. The molecule has 2 N–H and O–H groups in total. The van der Waals surface area contributed by atoms with Crippen LogP contribution in [-0.4, -0.2) is 62.5 Å². The van der Waals surface area contributed by atoms with Gasteiger partial charge >= 0.3 is 0 Å². The Balaban J connectivity index is 0.000000273. The number of benzene rings is 7. The smallest absolute Gasteiger partial charge is 0.155 e. The topological polar surface area (TPSA) is 197 Å². The molecule has 6 heterocycles. The van der Waals surface area contributed by atoms with Crippen LogP contribution in [0.5, 0.6) is 0 Å². The first kappa shape index (κ1) is 75.5. The van der Waals surface area contributed by atoms with Gasteiger partial charge in [-0.2, -0.15) is 69.1 Å². The molecular weight excluding hydrogens is 2030 g/mol. The van der Waals surface area contributed by atoms with Crippen LogP contribution >= 0.6 is 23.5 Å². The van der Waals surface area contributed by atoms with E-state index in [2.05, 4.69) is 129 Å². The van der Waals surface area contributed by atoms with Crippen molar-refractivity contribution in [2.45, 2.75) is 40.7 Å². The summed E-state index contributed by atoms with van der Waals surface area (Å²) in [5.74, 6) is -0.125. The van der Waals surface area contributed by atoms with Gasteiger partial charge < -0.3 is 30.1 Å². The van der Waals surface area contributed by atoms with Crippen LogP contribution in [0, 0.1) is 24.3 Å². The van der Waals surface area contributed by atoms with E-state index in [0.717, 1.165) is 56.0 Å². The summed E-state index contributed by atoms with van der Waals surface area (Å²) in [5, 5.41) is 38.0. The minimum Gasteiger partial charge on any atom is -0.576 e. The molecule has 2 aliphatic rings. The first-order valence-electron chi connectivity index (χ1n) is 25.9. The Hall–Kier alpha value is -6.75. The van der Waals surface area contributed by atoms with Crippen LogP contribution < -0.4 is 5.10 Å². The monoisotopic (exact) mass is 2090 g/mol. The molecule has 12 aromatic rings. The number of rotatable bonds is 5. The van der Waals surface area contributed by atoms with Gasteiger partial charge in [-0.1, -0.05) is 113 Å². The molecule has 1 unspecified atom stereocenters. The van der Waals surface area contributed by atoms with E-state index in [1.807, 2.05) is 134 Å². The summed E-state index contributed by atoms with van der Waals surface area (Å²) in [6.07, 6.45) is 12.2. The van der Waals surface area contributed by atoms with Gasteiger partial charge in [0.2, 0.25) is 0 Å². The van der Waals surface area contributed by atoms with Gasteiger partial charge in [-0.3, -0.25) is 25.6 Å². The van der Waals surface area contributed by atoms with Crippen LogP contribution in [0.4, 0.5) is 0 Å². The van der Waals surface area contributed by atoms with Crippen LogP contribution in [0.15, 0.2) is 228 Å². The van der Waals surface area contributed by atoms with Crippen molar-refractivity contribution in [3.63, 3.8) is 0 Å². The number of hydrogen-bond acceptors (Lipinski definition) is 13. The van der Waals surface area contributed by atoms with E-state index in [0.29, 0.717) is 0 Å². The standard InChI is InChI=1S/C15H8NS.C14H8N2S.C12H8N3.C8H6N3.C8H8N.2C5H8O2.5Ir/c1-3-7-12-10(5-1)11-6-2-4-8-13(11)15-14(12)16-9-17-15;1-3-7-11-9(5-1)10-6-2-4-8-12(10)14-13(11)15-17-16-14;1-2-6-10(7-3-1)15-13-11-8-4-5-9-12(11)14-15;1-2-5-9-7(3-1)8-4-6-10-11-8;1-2-5-8-6-3-4-7-9-8;2*1-4(6)3-5(2)7;;;;;/h1-6,8-9H;1-7,14H;1-6,8-9H;1-6H;3-7H,1H3;2*3,6H,1-2H3;;;;;/q-1;-2;3*-1;;;;;;;. The number of nitrogens with zero attached hydrogens (tertiary/aromatic N) is 10. The summed E-state index contributed by atoms with van der Waals surface area (Å²) in [6.45, 7) is 7.55. The molecule has 14 nitrogen and oxygen atoms in total. The molecule has 5 aromatic heterocycles. The summed E-state index contributed by atoms with van der Waals surface area (Å²) in [6, 6.07) is 67.7. The van der Waals surface area contributed by atoms with Crippen molar-refractivity contribution in [3.05, 3.63) is 270 Å². The molecule has 88 heavy (non-hydrogen) atoms. The first-order chi connectivity index (χ1) is 40.5. The number of fused-ring (bicyclic) bond motifs is 13. The predicted molar refractivity (Wildman–Crippen MR) is 335 cm³/mol. The number of para-hydroxylation sites is 1. The van der Waals surface area contributed by atoms with Crippen LogP contribution in [0.25, 0.3) is 81.8 Å². The van der Waals surface area contributed by atoms with E-state index in [1.54, 1.807) is 34.7 Å². The third-order valence-electron chi connectivity index (χ3n) is 11.7. The van der Waals surface area contributed by atoms with E-state index in [1.165, 1.54) is 89.5 Å². The fraction of sp³-hybridized carbons (Fsp3) is 0.0896. The normalized spacial score (nSPS) is 12.1. The number of carbonyl (C=O) groups excluding carboxylic acids is 2. The van der Waals surface area contributed by atoms with E-state index in [4.69, 9.17) is 10.2 Å². The van der Waals surface area contributed by atoms with Crippen molar-refractivity contribution >= 4 is 89.6 Å². The van der Waals surface area contributed by atoms with E-state index in [-0.39, 0.29) is 130 Å². The van der Waals surface area contributed by atoms with Gasteiger partial charge in [0.1, 0.15) is 11.0 Å². The Morgan fingerprint density at radius 1 is 0.591 bits per heavy atom. The van der Waals surface area contributed by atoms with E-state index < -0.39 is 0 Å². The third kappa shape index (κ3) is 21.5. The van der Waals surface area contributed by atoms with Gasteiger partial charge in [-0.25, -0.2) is 10.5 Å². The Morgan fingerprint density at radius 3 is 1.76 bits per heavy atom. The van der Waals surface area contributed by atoms with Crippen molar-refractivity contribution in [1.82, 2.24) is 40.1 Å². The maximum Gasteiger partial charge on any atom is 0.155 e. The fourth-order valence-electron chi connectivity index (χ4n) is 8.40. The second-order valence-electron chi connectivity index (χ2n) is 18.0. The van der Waals surface area contributed by atoms with E-state index >= 15 is 0 Å². The SMILES string of the molecule is CC(=O)C=C(C)O.CC(=O)C=C(C)O.C[C-]=Cc1ccccn1.[Ir].[Ir].[Ir].[Ir].[Ir].[c-]1cccc2c1C1[N-]SN=C1c1ccccc1-2.[c-]1cccc2c1c1ncsc1c1ccccc21.[c-]1ccccc1-n1nc2ccccc2n1.c1ccc(-c2ccn[n-]2)nc1. The summed E-state index contributed by atoms with van der Waals surface area (Å²) in [7, 11) is 0. The summed E-state index contributed by atoms with van der Waals surface area (Å²) < 4.78 is 10.2. The number of aromatic nitrogens is 8. The average Bonchev–Trinajstić information content (AvgIpc) is 1.60. The molecule has 0 bridgehead atoms. The second-order valence-corrected chi connectivity index (χ2v) is 19.4. The Kier molecular flexibility index (Phi) is 33.7. The third-order valence-corrected chi connectivity index (χ3v) is 13.2. The van der Waals surface area contributed by atoms with Crippen LogP contribution in [0.3, 0.4) is 0 Å². The van der Waals surface area contributed by atoms with Gasteiger partial charge in [0.15, 0.2) is 11.6 Å². The zero-order valence-electron chi connectivity index (χ0n) is 47.5. The molecule has 459 valence electrons. The largest absolute Gasteiger partial charge is 0.576 e. The molecule has 0 fully saturated rings. The van der Waals surface area contributed by atoms with Gasteiger partial charge in [-0.05, 0) is 74.7 Å². The number of allylic oxidation sites excluding steroid dienone is 5. The number of aliphatic hydroxyl groups excluding tert-OH is 2. The first-order valence-corrected chi connectivity index (χ1v) is 27.5. The van der Waals surface area contributed by atoms with Crippen LogP contribution in [-0.2, 0) is 110 Å². The Morgan fingerprint density at radius 2 is 1.17 bits per heavy atom. The van der Waals surface area contributed by atoms with Gasteiger partial charge in [0.25, 0.3) is 0 Å². The number of pyridine rings is 2. The van der Waals surface area contributed by atoms with Gasteiger partial charge in [0.05, 0.1) is 17.0 Å². The summed E-state index contributed by atoms with van der Waals surface area (Å²) in [4.78, 5) is 34.3. The minimum absolute atomic E-state index is 0. The van der Waals surface area contributed by atoms with Crippen molar-refractivity contribution in [2.75, 3.05) is 0 Å². The Labute approximate surface area is 587 Å². The van der Waals surface area contributed by atoms with Crippen molar-refractivity contribution in [1.29, 1.82) is 0 Å². The molecule has 0 amide bonds. The van der Waals surface area contributed by atoms with E-state index in [9.17, 15) is 9.59 Å². The van der Waals surface area contributed by atoms with Crippen LogP contribution in [0.1, 0.15) is 57.5 Å². The second kappa shape index (κ2) is 39.3. The molecule has 0 saturated carbocycles. The van der Waals surface area contributed by atoms with Gasteiger partial charge in [0, 0.05) is 153 Å².